The maximum Gasteiger partial charge on any atom is 0.240 e. The second-order valence-electron chi connectivity index (χ2n) is 6.94. The van der Waals surface area contributed by atoms with Gasteiger partial charge in [0.25, 0.3) is 0 Å². The predicted octanol–water partition coefficient (Wildman–Crippen LogP) is 4.61. The molecule has 0 spiro atoms. The molecule has 0 unspecified atom stereocenters. The van der Waals surface area contributed by atoms with Crippen LogP contribution in [0.5, 0.6) is 0 Å². The summed E-state index contributed by atoms with van der Waals surface area (Å²) in [6.45, 7) is 11.2. The lowest BCUT2D eigenvalue weighted by Gasteiger charge is -2.31. The summed E-state index contributed by atoms with van der Waals surface area (Å²) in [7, 11) is 0. The van der Waals surface area contributed by atoms with Crippen molar-refractivity contribution in [1.29, 1.82) is 0 Å². The van der Waals surface area contributed by atoms with Gasteiger partial charge >= 0.3 is 0 Å². The lowest BCUT2D eigenvalue weighted by atomic mass is 10.0. The average molecular weight is 370 g/mol. The van der Waals surface area contributed by atoms with Crippen molar-refractivity contribution in [3.63, 3.8) is 0 Å². The van der Waals surface area contributed by atoms with E-state index in [-0.39, 0.29) is 11.2 Å². The van der Waals surface area contributed by atoms with E-state index in [9.17, 15) is 4.79 Å². The molecule has 0 radical (unpaired) electrons. The Hall–Kier alpha value is -1.78. The van der Waals surface area contributed by atoms with Crippen LogP contribution in [0.4, 0.5) is 0 Å². The monoisotopic (exact) mass is 369 g/mol. The number of thioether (sulfide) groups is 1. The molecule has 0 bridgehead atoms. The van der Waals surface area contributed by atoms with Crippen molar-refractivity contribution in [2.75, 3.05) is 26.3 Å². The van der Waals surface area contributed by atoms with E-state index in [1.165, 1.54) is 27.1 Å². The summed E-state index contributed by atoms with van der Waals surface area (Å²) in [5.74, 6) is 0.183. The van der Waals surface area contributed by atoms with E-state index >= 15 is 0 Å². The lowest BCUT2D eigenvalue weighted by molar-refractivity contribution is -0.134. The Kier molecular flexibility index (Phi) is 6.05. The summed E-state index contributed by atoms with van der Waals surface area (Å²) in [5, 5.41) is -0.229. The second-order valence-corrected chi connectivity index (χ2v) is 8.05. The van der Waals surface area contributed by atoms with Crippen molar-refractivity contribution in [3.8, 4) is 0 Å². The summed E-state index contributed by atoms with van der Waals surface area (Å²) >= 11 is 1.69. The first-order valence-electron chi connectivity index (χ1n) is 9.14. The third kappa shape index (κ3) is 3.97. The van der Waals surface area contributed by atoms with E-state index < -0.39 is 0 Å². The van der Waals surface area contributed by atoms with Crippen molar-refractivity contribution in [1.82, 2.24) is 4.90 Å². The molecule has 0 saturated carbocycles. The highest BCUT2D eigenvalue weighted by atomic mass is 32.2. The third-order valence-corrected chi connectivity index (χ3v) is 6.74. The molecule has 1 aliphatic rings. The maximum atomic E-state index is 13.3. The number of hydrogen-bond acceptors (Lipinski definition) is 3. The van der Waals surface area contributed by atoms with E-state index in [1.807, 2.05) is 23.1 Å². The number of aryl methyl sites for hydroxylation is 2. The van der Waals surface area contributed by atoms with Crippen LogP contribution in [0, 0.1) is 27.7 Å². The molecule has 138 valence electrons. The van der Waals surface area contributed by atoms with Crippen LogP contribution in [-0.2, 0) is 9.53 Å². The number of nitrogens with zero attached hydrogens (tertiary/aromatic N) is 1. The zero-order valence-electron chi connectivity index (χ0n) is 16.0. The predicted molar refractivity (Wildman–Crippen MR) is 108 cm³/mol. The van der Waals surface area contributed by atoms with Gasteiger partial charge in [0, 0.05) is 18.0 Å². The highest BCUT2D eigenvalue weighted by Gasteiger charge is 2.29. The molecular formula is C22H27NO2S. The summed E-state index contributed by atoms with van der Waals surface area (Å²) in [6.07, 6.45) is 0. The summed E-state index contributed by atoms with van der Waals surface area (Å²) in [6, 6.07) is 12.4. The molecule has 0 aromatic heterocycles. The summed E-state index contributed by atoms with van der Waals surface area (Å²) in [4.78, 5) is 16.5. The van der Waals surface area contributed by atoms with E-state index in [2.05, 4.69) is 45.9 Å². The van der Waals surface area contributed by atoms with Gasteiger partial charge in [0.1, 0.15) is 5.25 Å². The highest BCUT2D eigenvalue weighted by Crippen LogP contribution is 2.41. The molecular weight excluding hydrogens is 342 g/mol. The Balaban J connectivity index is 1.98. The van der Waals surface area contributed by atoms with Crippen LogP contribution in [-0.4, -0.2) is 37.1 Å². The number of morpholine rings is 1. The molecule has 1 heterocycles. The Labute approximate surface area is 160 Å². The fourth-order valence-electron chi connectivity index (χ4n) is 3.31. The molecule has 1 saturated heterocycles. The highest BCUT2D eigenvalue weighted by molar-refractivity contribution is 8.00. The molecule has 3 nitrogen and oxygen atoms in total. The van der Waals surface area contributed by atoms with Crippen LogP contribution in [0.25, 0.3) is 0 Å². The Bertz CT molecular complexity index is 756. The number of amides is 1. The van der Waals surface area contributed by atoms with Crippen LogP contribution in [0.15, 0.2) is 41.3 Å². The quantitative estimate of drug-likeness (QED) is 0.737. The molecule has 3 rings (SSSR count). The number of rotatable bonds is 4. The summed E-state index contributed by atoms with van der Waals surface area (Å²) in [5.41, 5.74) is 6.16. The average Bonchev–Trinajstić information content (AvgIpc) is 2.67. The van der Waals surface area contributed by atoms with Gasteiger partial charge in [-0.25, -0.2) is 0 Å². The van der Waals surface area contributed by atoms with Crippen molar-refractivity contribution < 1.29 is 9.53 Å². The minimum absolute atomic E-state index is 0.183. The third-order valence-electron chi connectivity index (χ3n) is 5.18. The standard InChI is InChI=1S/C22H27NO2S/c1-15-14-16(2)18(4)20(17(15)3)26-21(19-8-6-5-7-9-19)22(24)23-10-12-25-13-11-23/h5-9,14,21H,10-13H2,1-4H3/t21-/m0/s1. The van der Waals surface area contributed by atoms with Gasteiger partial charge in [-0.1, -0.05) is 36.4 Å². The topological polar surface area (TPSA) is 29.5 Å². The van der Waals surface area contributed by atoms with Gasteiger partial charge in [0.2, 0.25) is 5.91 Å². The van der Waals surface area contributed by atoms with Gasteiger partial charge in [0.15, 0.2) is 0 Å². The number of benzene rings is 2. The maximum absolute atomic E-state index is 13.3. The normalized spacial score (nSPS) is 15.8. The van der Waals surface area contributed by atoms with Gasteiger partial charge in [-0.05, 0) is 55.5 Å². The van der Waals surface area contributed by atoms with E-state index in [1.54, 1.807) is 11.8 Å². The molecule has 1 atom stereocenters. The van der Waals surface area contributed by atoms with Gasteiger partial charge in [0.05, 0.1) is 13.2 Å². The number of carbonyl (C=O) groups excluding carboxylic acids is 1. The molecule has 2 aromatic rings. The van der Waals surface area contributed by atoms with Crippen LogP contribution >= 0.6 is 11.8 Å². The minimum Gasteiger partial charge on any atom is -0.378 e. The first-order valence-corrected chi connectivity index (χ1v) is 10.0. The van der Waals surface area contributed by atoms with Crippen molar-refractivity contribution in [3.05, 3.63) is 64.2 Å². The molecule has 1 amide bonds. The smallest absolute Gasteiger partial charge is 0.240 e. The SMILES string of the molecule is Cc1cc(C)c(C)c(S[C@H](C(=O)N2CCOCC2)c2ccccc2)c1C. The zero-order chi connectivity index (χ0) is 18.7. The van der Waals surface area contributed by atoms with Crippen molar-refractivity contribution in [2.24, 2.45) is 0 Å². The van der Waals surface area contributed by atoms with Crippen LogP contribution in [0.2, 0.25) is 0 Å². The lowest BCUT2D eigenvalue weighted by Crippen LogP contribution is -2.42. The molecule has 0 aliphatic carbocycles. The van der Waals surface area contributed by atoms with Gasteiger partial charge in [-0.3, -0.25) is 4.79 Å². The molecule has 4 heteroatoms. The molecule has 1 fully saturated rings. The Morgan fingerprint density at radius 1 is 1.00 bits per heavy atom. The molecule has 2 aromatic carbocycles. The Morgan fingerprint density at radius 2 is 1.58 bits per heavy atom. The first kappa shape index (κ1) is 19.0. The number of hydrogen-bond donors (Lipinski definition) is 0. The van der Waals surface area contributed by atoms with E-state index in [0.29, 0.717) is 26.3 Å². The van der Waals surface area contributed by atoms with Crippen molar-refractivity contribution >= 4 is 17.7 Å². The van der Waals surface area contributed by atoms with Gasteiger partial charge < -0.3 is 9.64 Å². The minimum atomic E-state index is -0.229. The zero-order valence-corrected chi connectivity index (χ0v) is 16.9. The molecule has 1 aliphatic heterocycles. The van der Waals surface area contributed by atoms with Crippen LogP contribution in [0.3, 0.4) is 0 Å². The van der Waals surface area contributed by atoms with E-state index in [0.717, 1.165) is 5.56 Å². The fourth-order valence-corrected chi connectivity index (χ4v) is 4.77. The van der Waals surface area contributed by atoms with Gasteiger partial charge in [-0.2, -0.15) is 0 Å². The number of carbonyl (C=O) groups is 1. The molecule has 0 N–H and O–H groups in total. The largest absolute Gasteiger partial charge is 0.378 e. The Morgan fingerprint density at radius 3 is 2.15 bits per heavy atom. The first-order chi connectivity index (χ1) is 12.5. The second kappa shape index (κ2) is 8.28. The van der Waals surface area contributed by atoms with Crippen LogP contribution in [0.1, 0.15) is 33.1 Å². The number of ether oxygens (including phenoxy) is 1. The van der Waals surface area contributed by atoms with Gasteiger partial charge in [-0.15, -0.1) is 11.8 Å². The van der Waals surface area contributed by atoms with Crippen LogP contribution < -0.4 is 0 Å². The van der Waals surface area contributed by atoms with Crippen molar-refractivity contribution in [2.45, 2.75) is 37.8 Å². The summed E-state index contributed by atoms with van der Waals surface area (Å²) < 4.78 is 5.42. The van der Waals surface area contributed by atoms with E-state index in [4.69, 9.17) is 4.74 Å². The molecule has 26 heavy (non-hydrogen) atoms. The fraction of sp³-hybridized carbons (Fsp3) is 0.409.